The Bertz CT molecular complexity index is 597. The molecule has 20 heavy (non-hydrogen) atoms. The maximum atomic E-state index is 6.13. The van der Waals surface area contributed by atoms with E-state index in [0.29, 0.717) is 11.8 Å². The van der Waals surface area contributed by atoms with Crippen molar-refractivity contribution >= 4 is 22.6 Å². The van der Waals surface area contributed by atoms with Gasteiger partial charge in [-0.15, -0.1) is 0 Å². The van der Waals surface area contributed by atoms with Crippen molar-refractivity contribution < 1.29 is 0 Å². The maximum Gasteiger partial charge on any atom is 0.112 e. The number of aromatic nitrogens is 2. The van der Waals surface area contributed by atoms with Gasteiger partial charge < -0.3 is 10.3 Å². The summed E-state index contributed by atoms with van der Waals surface area (Å²) in [4.78, 5) is 4.87. The Kier molecular flexibility index (Phi) is 3.99. The SMILES string of the molecule is CCn1c(C2CCC(CN)CC2)nc2ccc(Cl)cc21. The number of fused-ring (bicyclic) bond motifs is 1. The van der Waals surface area contributed by atoms with Gasteiger partial charge in [0.1, 0.15) is 5.82 Å². The smallest absolute Gasteiger partial charge is 0.112 e. The minimum absolute atomic E-state index is 0.573. The summed E-state index contributed by atoms with van der Waals surface area (Å²) in [7, 11) is 0. The van der Waals surface area contributed by atoms with Crippen molar-refractivity contribution in [1.82, 2.24) is 9.55 Å². The van der Waals surface area contributed by atoms with Crippen molar-refractivity contribution in [2.24, 2.45) is 11.7 Å². The van der Waals surface area contributed by atoms with E-state index in [-0.39, 0.29) is 0 Å². The summed E-state index contributed by atoms with van der Waals surface area (Å²) >= 11 is 6.13. The number of halogens is 1. The van der Waals surface area contributed by atoms with Crippen LogP contribution in [0.2, 0.25) is 5.02 Å². The average molecular weight is 292 g/mol. The number of rotatable bonds is 3. The fourth-order valence-corrected chi connectivity index (χ4v) is 3.58. The first-order valence-corrected chi connectivity index (χ1v) is 7.96. The Morgan fingerprint density at radius 2 is 2.05 bits per heavy atom. The molecule has 4 heteroatoms. The van der Waals surface area contributed by atoms with Gasteiger partial charge >= 0.3 is 0 Å². The summed E-state index contributed by atoms with van der Waals surface area (Å²) in [6.07, 6.45) is 4.88. The van der Waals surface area contributed by atoms with Crippen LogP contribution in [0.4, 0.5) is 0 Å². The Morgan fingerprint density at radius 3 is 2.70 bits per heavy atom. The van der Waals surface area contributed by atoms with Gasteiger partial charge in [-0.1, -0.05) is 11.6 Å². The third kappa shape index (κ3) is 2.45. The van der Waals surface area contributed by atoms with Crippen LogP contribution in [0.5, 0.6) is 0 Å². The predicted molar refractivity (Wildman–Crippen MR) is 84.2 cm³/mol. The molecule has 1 aliphatic carbocycles. The first kappa shape index (κ1) is 13.9. The molecule has 1 saturated carbocycles. The second-order valence-electron chi connectivity index (χ2n) is 5.80. The monoisotopic (exact) mass is 291 g/mol. The van der Waals surface area contributed by atoms with E-state index >= 15 is 0 Å². The molecule has 108 valence electrons. The Hall–Kier alpha value is -1.06. The Balaban J connectivity index is 1.95. The van der Waals surface area contributed by atoms with Crippen LogP contribution in [0.15, 0.2) is 18.2 Å². The molecule has 1 fully saturated rings. The van der Waals surface area contributed by atoms with Gasteiger partial charge in [0.05, 0.1) is 11.0 Å². The summed E-state index contributed by atoms with van der Waals surface area (Å²) in [5, 5.41) is 0.783. The summed E-state index contributed by atoms with van der Waals surface area (Å²) < 4.78 is 2.33. The summed E-state index contributed by atoms with van der Waals surface area (Å²) in [5.41, 5.74) is 8.01. The molecule has 0 unspecified atom stereocenters. The number of nitrogens with two attached hydrogens (primary N) is 1. The summed E-state index contributed by atoms with van der Waals surface area (Å²) in [5.74, 6) is 2.52. The van der Waals surface area contributed by atoms with Crippen LogP contribution >= 0.6 is 11.6 Å². The molecule has 0 aliphatic heterocycles. The maximum absolute atomic E-state index is 6.13. The second-order valence-corrected chi connectivity index (χ2v) is 6.24. The van der Waals surface area contributed by atoms with Gasteiger partial charge in [-0.25, -0.2) is 4.98 Å². The molecule has 1 aliphatic rings. The number of hydrogen-bond acceptors (Lipinski definition) is 2. The molecule has 3 nitrogen and oxygen atoms in total. The number of aryl methyl sites for hydroxylation is 1. The summed E-state index contributed by atoms with van der Waals surface area (Å²) in [6, 6.07) is 5.98. The van der Waals surface area contributed by atoms with Gasteiger partial charge in [-0.2, -0.15) is 0 Å². The molecular formula is C16H22ClN3. The average Bonchev–Trinajstić information content (AvgIpc) is 2.85. The van der Waals surface area contributed by atoms with Crippen LogP contribution in [-0.4, -0.2) is 16.1 Å². The minimum atomic E-state index is 0.573. The lowest BCUT2D eigenvalue weighted by Crippen LogP contribution is -2.22. The van der Waals surface area contributed by atoms with Crippen LogP contribution in [0, 0.1) is 5.92 Å². The molecule has 0 saturated heterocycles. The van der Waals surface area contributed by atoms with Crippen molar-refractivity contribution in [3.63, 3.8) is 0 Å². The standard InChI is InChI=1S/C16H22ClN3/c1-2-20-15-9-13(17)7-8-14(15)19-16(20)12-5-3-11(10-18)4-6-12/h7-9,11-12H,2-6,10,18H2,1H3. The highest BCUT2D eigenvalue weighted by Gasteiger charge is 2.25. The molecule has 2 aromatic rings. The van der Waals surface area contributed by atoms with E-state index in [1.165, 1.54) is 31.5 Å². The highest BCUT2D eigenvalue weighted by molar-refractivity contribution is 6.31. The largest absolute Gasteiger partial charge is 0.330 e. The molecule has 0 bridgehead atoms. The van der Waals surface area contributed by atoms with Crippen molar-refractivity contribution in [3.8, 4) is 0 Å². The van der Waals surface area contributed by atoms with Gasteiger partial charge in [0, 0.05) is 17.5 Å². The zero-order chi connectivity index (χ0) is 14.1. The summed E-state index contributed by atoms with van der Waals surface area (Å²) in [6.45, 7) is 3.95. The van der Waals surface area contributed by atoms with E-state index in [1.54, 1.807) is 0 Å². The number of benzene rings is 1. The van der Waals surface area contributed by atoms with Gasteiger partial charge in [0.25, 0.3) is 0 Å². The third-order valence-corrected chi connectivity index (χ3v) is 4.84. The first-order chi connectivity index (χ1) is 9.72. The van der Waals surface area contributed by atoms with E-state index in [1.807, 2.05) is 18.2 Å². The lowest BCUT2D eigenvalue weighted by Gasteiger charge is -2.27. The van der Waals surface area contributed by atoms with Crippen molar-refractivity contribution in [1.29, 1.82) is 0 Å². The second kappa shape index (κ2) is 5.74. The highest BCUT2D eigenvalue weighted by atomic mass is 35.5. The van der Waals surface area contributed by atoms with Crippen LogP contribution in [0.25, 0.3) is 11.0 Å². The lowest BCUT2D eigenvalue weighted by molar-refractivity contribution is 0.321. The Morgan fingerprint density at radius 1 is 1.30 bits per heavy atom. The quantitative estimate of drug-likeness (QED) is 0.931. The van der Waals surface area contributed by atoms with Crippen LogP contribution in [0.1, 0.15) is 44.3 Å². The molecule has 2 N–H and O–H groups in total. The fourth-order valence-electron chi connectivity index (χ4n) is 3.41. The molecule has 3 rings (SSSR count). The molecule has 1 aromatic carbocycles. The topological polar surface area (TPSA) is 43.8 Å². The first-order valence-electron chi connectivity index (χ1n) is 7.58. The highest BCUT2D eigenvalue weighted by Crippen LogP contribution is 2.36. The normalized spacial score (nSPS) is 23.4. The lowest BCUT2D eigenvalue weighted by atomic mass is 9.81. The van der Waals surface area contributed by atoms with E-state index < -0.39 is 0 Å². The predicted octanol–water partition coefficient (Wildman–Crippen LogP) is 3.94. The molecule has 1 heterocycles. The van der Waals surface area contributed by atoms with Gasteiger partial charge in [0.2, 0.25) is 0 Å². The van der Waals surface area contributed by atoms with Crippen molar-refractivity contribution in [3.05, 3.63) is 29.0 Å². The zero-order valence-corrected chi connectivity index (χ0v) is 12.7. The minimum Gasteiger partial charge on any atom is -0.330 e. The van der Waals surface area contributed by atoms with E-state index in [4.69, 9.17) is 22.3 Å². The molecular weight excluding hydrogens is 270 g/mol. The Labute approximate surface area is 125 Å². The van der Waals surface area contributed by atoms with Gasteiger partial charge in [-0.05, 0) is 63.3 Å². The number of imidazole rings is 1. The van der Waals surface area contributed by atoms with Gasteiger partial charge in [-0.3, -0.25) is 0 Å². The van der Waals surface area contributed by atoms with Crippen molar-refractivity contribution in [2.45, 2.75) is 45.1 Å². The number of nitrogens with zero attached hydrogens (tertiary/aromatic N) is 2. The van der Waals surface area contributed by atoms with Crippen molar-refractivity contribution in [2.75, 3.05) is 6.54 Å². The molecule has 1 aromatic heterocycles. The number of hydrogen-bond donors (Lipinski definition) is 1. The molecule has 0 radical (unpaired) electrons. The molecule has 0 atom stereocenters. The van der Waals surface area contributed by atoms with Gasteiger partial charge in [0.15, 0.2) is 0 Å². The molecule has 0 amide bonds. The van der Waals surface area contributed by atoms with E-state index in [0.717, 1.165) is 29.1 Å². The van der Waals surface area contributed by atoms with E-state index in [9.17, 15) is 0 Å². The van der Waals surface area contributed by atoms with Crippen LogP contribution < -0.4 is 5.73 Å². The fraction of sp³-hybridized carbons (Fsp3) is 0.562. The zero-order valence-electron chi connectivity index (χ0n) is 12.0. The third-order valence-electron chi connectivity index (χ3n) is 4.60. The van der Waals surface area contributed by atoms with Crippen LogP contribution in [0.3, 0.4) is 0 Å². The molecule has 0 spiro atoms. The van der Waals surface area contributed by atoms with Crippen LogP contribution in [-0.2, 0) is 6.54 Å². The van der Waals surface area contributed by atoms with E-state index in [2.05, 4.69) is 11.5 Å².